The van der Waals surface area contributed by atoms with E-state index in [1.54, 1.807) is 0 Å². The lowest BCUT2D eigenvalue weighted by molar-refractivity contribution is 0.483. The van der Waals surface area contributed by atoms with Gasteiger partial charge in [0.15, 0.2) is 0 Å². The molecule has 0 saturated carbocycles. The van der Waals surface area contributed by atoms with Gasteiger partial charge < -0.3 is 4.74 Å². The monoisotopic (exact) mass is 598 g/mol. The Balaban J connectivity index is 1.17. The summed E-state index contributed by atoms with van der Waals surface area (Å²) in [5.74, 6) is 3.20. The molecule has 7 nitrogen and oxygen atoms in total. The molecular weight excluding hydrogens is 568 g/mol. The molecule has 7 heteroatoms. The van der Waals surface area contributed by atoms with E-state index in [1.165, 1.54) is 10.9 Å². The van der Waals surface area contributed by atoms with E-state index in [0.717, 1.165) is 67.3 Å². The third kappa shape index (κ3) is 4.02. The Morgan fingerprint density at radius 2 is 1.41 bits per heavy atom. The average molecular weight is 599 g/mol. The predicted molar refractivity (Wildman–Crippen MR) is 185 cm³/mol. The third-order valence-corrected chi connectivity index (χ3v) is 8.80. The molecule has 0 saturated heterocycles. The molecule has 0 atom stereocenters. The van der Waals surface area contributed by atoms with Crippen molar-refractivity contribution < 1.29 is 4.74 Å². The molecule has 0 radical (unpaired) electrons. The van der Waals surface area contributed by atoms with E-state index < -0.39 is 0 Å². The van der Waals surface area contributed by atoms with Crippen molar-refractivity contribution in [3.05, 3.63) is 133 Å². The van der Waals surface area contributed by atoms with Gasteiger partial charge in [-0.3, -0.25) is 18.5 Å². The number of hydrogen-bond acceptors (Lipinski definition) is 4. The molecule has 0 unspecified atom stereocenters. The summed E-state index contributed by atoms with van der Waals surface area (Å²) in [6, 6.07) is 37.5. The largest absolute Gasteiger partial charge is 0.457 e. The van der Waals surface area contributed by atoms with Crippen molar-refractivity contribution in [2.45, 2.75) is 26.2 Å². The second-order valence-electron chi connectivity index (χ2n) is 12.7. The number of pyridine rings is 2. The van der Waals surface area contributed by atoms with Crippen LogP contribution in [-0.4, -0.2) is 28.5 Å². The van der Waals surface area contributed by atoms with Crippen LogP contribution in [0.3, 0.4) is 0 Å². The van der Waals surface area contributed by atoms with Crippen molar-refractivity contribution >= 4 is 49.7 Å². The molecule has 9 rings (SSSR count). The van der Waals surface area contributed by atoms with E-state index in [9.17, 15) is 0 Å². The first-order valence-electron chi connectivity index (χ1n) is 15.4. The molecule has 0 fully saturated rings. The highest BCUT2D eigenvalue weighted by atomic mass is 16.5. The molecule has 0 aliphatic rings. The quantitative estimate of drug-likeness (QED) is 0.202. The van der Waals surface area contributed by atoms with Gasteiger partial charge in [0, 0.05) is 35.3 Å². The fourth-order valence-electron chi connectivity index (χ4n) is 6.59. The van der Waals surface area contributed by atoms with Crippen molar-refractivity contribution in [2.24, 2.45) is 0 Å². The van der Waals surface area contributed by atoms with Crippen molar-refractivity contribution in [3.63, 3.8) is 0 Å². The van der Waals surface area contributed by atoms with Crippen molar-refractivity contribution in [1.29, 1.82) is 0 Å². The summed E-state index contributed by atoms with van der Waals surface area (Å²) < 4.78 is 13.2. The van der Waals surface area contributed by atoms with Gasteiger partial charge in [-0.2, -0.15) is 0 Å². The maximum Gasteiger partial charge on any atom is 0.220 e. The lowest BCUT2D eigenvalue weighted by Crippen LogP contribution is -2.12. The van der Waals surface area contributed by atoms with Gasteiger partial charge in [-0.25, -0.2) is 9.97 Å². The van der Waals surface area contributed by atoms with Crippen molar-refractivity contribution in [2.75, 3.05) is 0 Å². The number of fused-ring (bicyclic) bond motifs is 8. The van der Waals surface area contributed by atoms with E-state index in [1.807, 2.05) is 61.1 Å². The van der Waals surface area contributed by atoms with Gasteiger partial charge in [0.05, 0.1) is 45.0 Å². The first kappa shape index (κ1) is 26.5. The van der Waals surface area contributed by atoms with Gasteiger partial charge in [0.25, 0.3) is 0 Å². The Morgan fingerprint density at radius 1 is 0.609 bits per heavy atom. The van der Waals surface area contributed by atoms with Gasteiger partial charge in [0.1, 0.15) is 17.3 Å². The number of hydrogen-bond donors (Lipinski definition) is 0. The number of aromatic nitrogens is 6. The van der Waals surface area contributed by atoms with Crippen LogP contribution in [0.4, 0.5) is 0 Å². The maximum atomic E-state index is 6.58. The molecule has 0 aliphatic carbocycles. The predicted octanol–water partition coefficient (Wildman–Crippen LogP) is 9.41. The minimum Gasteiger partial charge on any atom is -0.457 e. The molecule has 0 N–H and O–H groups in total. The lowest BCUT2D eigenvalue weighted by Gasteiger charge is -2.20. The highest BCUT2D eigenvalue weighted by Crippen LogP contribution is 2.36. The summed E-state index contributed by atoms with van der Waals surface area (Å²) >= 11 is 0. The molecule has 0 bridgehead atoms. The molecule has 222 valence electrons. The summed E-state index contributed by atoms with van der Waals surface area (Å²) in [7, 11) is 0. The van der Waals surface area contributed by atoms with Gasteiger partial charge in [-0.15, -0.1) is 0 Å². The Morgan fingerprint density at radius 3 is 2.30 bits per heavy atom. The Hall–Kier alpha value is -5.95. The number of nitrogens with zero attached hydrogens (tertiary/aromatic N) is 6. The zero-order valence-electron chi connectivity index (χ0n) is 25.7. The van der Waals surface area contributed by atoms with Crippen LogP contribution in [0.5, 0.6) is 11.5 Å². The van der Waals surface area contributed by atoms with Crippen molar-refractivity contribution in [3.8, 4) is 23.0 Å². The van der Waals surface area contributed by atoms with Crippen LogP contribution in [0.2, 0.25) is 0 Å². The Kier molecular flexibility index (Phi) is 5.62. The summed E-state index contributed by atoms with van der Waals surface area (Å²) in [6.07, 6.45) is 5.62. The SMILES string of the molecule is CC(C)(C)c1ccnc(-n2c3ccccc3c3ccc(Oc4cccc(-n5c6cnccc6n6c7ccccc7nc56)c4)cc32)c1. The Labute approximate surface area is 265 Å². The van der Waals surface area contributed by atoms with Crippen LogP contribution in [0.25, 0.3) is 61.2 Å². The lowest BCUT2D eigenvalue weighted by atomic mass is 9.88. The summed E-state index contributed by atoms with van der Waals surface area (Å²) in [4.78, 5) is 14.3. The molecule has 4 aromatic carbocycles. The minimum atomic E-state index is 0.00549. The molecular formula is C39H30N6O. The normalized spacial score (nSPS) is 12.2. The van der Waals surface area contributed by atoms with E-state index >= 15 is 0 Å². The zero-order valence-corrected chi connectivity index (χ0v) is 25.7. The summed E-state index contributed by atoms with van der Waals surface area (Å²) in [5.41, 5.74) is 8.37. The fourth-order valence-corrected chi connectivity index (χ4v) is 6.59. The second-order valence-corrected chi connectivity index (χ2v) is 12.7. The van der Waals surface area contributed by atoms with Crippen LogP contribution >= 0.6 is 0 Å². The van der Waals surface area contributed by atoms with E-state index in [-0.39, 0.29) is 5.41 Å². The molecule has 0 amide bonds. The molecule has 46 heavy (non-hydrogen) atoms. The van der Waals surface area contributed by atoms with Gasteiger partial charge in [0.2, 0.25) is 5.78 Å². The summed E-state index contributed by atoms with van der Waals surface area (Å²) in [6.45, 7) is 6.68. The van der Waals surface area contributed by atoms with Gasteiger partial charge in [-0.05, 0) is 71.6 Å². The van der Waals surface area contributed by atoms with Crippen LogP contribution in [0.1, 0.15) is 26.3 Å². The third-order valence-electron chi connectivity index (χ3n) is 8.80. The fraction of sp³-hybridized carbons (Fsp3) is 0.103. The van der Waals surface area contributed by atoms with Gasteiger partial charge in [-0.1, -0.05) is 57.2 Å². The first-order chi connectivity index (χ1) is 22.4. The van der Waals surface area contributed by atoms with Crippen LogP contribution in [-0.2, 0) is 5.41 Å². The Bertz CT molecular complexity index is 2620. The smallest absolute Gasteiger partial charge is 0.220 e. The maximum absolute atomic E-state index is 6.58. The van der Waals surface area contributed by atoms with E-state index in [0.29, 0.717) is 0 Å². The minimum absolute atomic E-state index is 0.00549. The standard InChI is InChI=1S/C39H30N6O/c1-39(2,3)25-17-20-41-37(21-25)44-32-13-6-4-11-29(32)30-16-15-28(23-35(30)44)46-27-10-8-9-26(22-27)43-36-24-40-19-18-34(36)45-33-14-7-5-12-31(33)42-38(43)45/h4-24H,1-3H3. The van der Waals surface area contributed by atoms with Crippen LogP contribution in [0.15, 0.2) is 128 Å². The van der Waals surface area contributed by atoms with Crippen molar-refractivity contribution in [1.82, 2.24) is 28.5 Å². The molecule has 5 heterocycles. The number of ether oxygens (including phenoxy) is 1. The molecule has 0 spiro atoms. The highest BCUT2D eigenvalue weighted by Gasteiger charge is 2.20. The summed E-state index contributed by atoms with van der Waals surface area (Å²) in [5, 5.41) is 2.33. The number of benzene rings is 4. The first-order valence-corrected chi connectivity index (χ1v) is 15.4. The number of para-hydroxylation sites is 3. The van der Waals surface area contributed by atoms with E-state index in [4.69, 9.17) is 14.7 Å². The average Bonchev–Trinajstić information content (AvgIpc) is 3.71. The van der Waals surface area contributed by atoms with E-state index in [2.05, 4.69) is 106 Å². The zero-order chi connectivity index (χ0) is 31.0. The number of imidazole rings is 2. The van der Waals surface area contributed by atoms with Crippen LogP contribution in [0, 0.1) is 0 Å². The van der Waals surface area contributed by atoms with Gasteiger partial charge >= 0.3 is 0 Å². The topological polar surface area (TPSA) is 62.2 Å². The van der Waals surface area contributed by atoms with Crippen LogP contribution < -0.4 is 4.74 Å². The molecule has 9 aromatic rings. The highest BCUT2D eigenvalue weighted by molar-refractivity contribution is 6.09. The number of rotatable bonds is 4. The molecule has 5 aromatic heterocycles. The molecule has 0 aliphatic heterocycles. The second kappa shape index (κ2) is 9.78.